The number of rotatable bonds is 4. The Hall–Kier alpha value is -3.56. The molecule has 4 aromatic heterocycles. The van der Waals surface area contributed by atoms with Crippen LogP contribution in [0.25, 0.3) is 11.2 Å². The summed E-state index contributed by atoms with van der Waals surface area (Å²) in [7, 11) is 1.77. The van der Waals surface area contributed by atoms with Crippen molar-refractivity contribution in [1.29, 1.82) is 0 Å². The molecule has 1 saturated heterocycles. The highest BCUT2D eigenvalue weighted by Gasteiger charge is 2.58. The maximum absolute atomic E-state index is 12.7. The maximum atomic E-state index is 12.7. The molecule has 0 aromatic carbocycles. The van der Waals surface area contributed by atoms with E-state index in [-0.39, 0.29) is 12.1 Å². The smallest absolute Gasteiger partial charge is 0.280 e. The number of fused-ring (bicyclic) bond motifs is 2. The molecule has 2 aliphatic rings. The lowest BCUT2D eigenvalue weighted by Crippen LogP contribution is -2.24. The van der Waals surface area contributed by atoms with Crippen molar-refractivity contribution in [1.82, 2.24) is 34.2 Å². The van der Waals surface area contributed by atoms with Crippen LogP contribution in [0.2, 0.25) is 0 Å². The van der Waals surface area contributed by atoms with E-state index in [9.17, 15) is 4.79 Å². The van der Waals surface area contributed by atoms with Crippen LogP contribution in [0.4, 0.5) is 5.69 Å². The van der Waals surface area contributed by atoms with Gasteiger partial charge in [0, 0.05) is 32.3 Å². The molecule has 0 bridgehead atoms. The molecule has 5 heterocycles. The molecule has 2 atom stereocenters. The minimum atomic E-state index is -0.176. The topological polar surface area (TPSA) is 108 Å². The SMILES string of the molecule is Cn1cnc2ncn(Cc3nc(C4C5CN(c6cccnc6)CC54)no3)c(=O)c21. The Bertz CT molecular complexity index is 1250. The summed E-state index contributed by atoms with van der Waals surface area (Å²) in [5.41, 5.74) is 1.87. The second kappa shape index (κ2) is 5.97. The van der Waals surface area contributed by atoms with Gasteiger partial charge in [0.2, 0.25) is 5.89 Å². The molecule has 0 spiro atoms. The first-order chi connectivity index (χ1) is 14.2. The van der Waals surface area contributed by atoms with Gasteiger partial charge in [0.1, 0.15) is 12.9 Å². The van der Waals surface area contributed by atoms with Crippen LogP contribution in [0.1, 0.15) is 17.6 Å². The summed E-state index contributed by atoms with van der Waals surface area (Å²) >= 11 is 0. The molecule has 10 nitrogen and oxygen atoms in total. The second-order valence-corrected chi connectivity index (χ2v) is 7.72. The summed E-state index contributed by atoms with van der Waals surface area (Å²) in [6.07, 6.45) is 6.74. The number of piperidine rings is 1. The number of imidazole rings is 1. The number of aryl methyl sites for hydroxylation is 1. The van der Waals surface area contributed by atoms with Gasteiger partial charge in [-0.2, -0.15) is 4.98 Å². The summed E-state index contributed by atoms with van der Waals surface area (Å²) < 4.78 is 8.57. The quantitative estimate of drug-likeness (QED) is 0.504. The van der Waals surface area contributed by atoms with Crippen molar-refractivity contribution in [2.75, 3.05) is 18.0 Å². The van der Waals surface area contributed by atoms with E-state index in [1.54, 1.807) is 24.1 Å². The first-order valence-corrected chi connectivity index (χ1v) is 9.53. The Kier molecular flexibility index (Phi) is 3.37. The molecule has 0 radical (unpaired) electrons. The standard InChI is InChI=1S/C19H18N8O2/c1-25-9-21-18-16(25)19(28)27(10-22-18)8-14-23-17(24-29-14)15-12-6-26(7-13(12)15)11-3-2-4-20-5-11/h2-5,9-10,12-13,15H,6-8H2,1H3. The fourth-order valence-corrected chi connectivity index (χ4v) is 4.46. The van der Waals surface area contributed by atoms with Gasteiger partial charge in [-0.3, -0.25) is 14.3 Å². The lowest BCUT2D eigenvalue weighted by Gasteiger charge is -2.20. The predicted molar refractivity (Wildman–Crippen MR) is 102 cm³/mol. The summed E-state index contributed by atoms with van der Waals surface area (Å²) in [5, 5.41) is 4.18. The van der Waals surface area contributed by atoms with Crippen LogP contribution in [0, 0.1) is 11.8 Å². The predicted octanol–water partition coefficient (Wildman–Crippen LogP) is 0.806. The monoisotopic (exact) mass is 390 g/mol. The molecule has 2 unspecified atom stereocenters. The van der Waals surface area contributed by atoms with Crippen LogP contribution in [-0.4, -0.2) is 47.3 Å². The minimum absolute atomic E-state index is 0.176. The van der Waals surface area contributed by atoms with Crippen molar-refractivity contribution < 1.29 is 4.52 Å². The highest BCUT2D eigenvalue weighted by atomic mass is 16.5. The van der Waals surface area contributed by atoms with E-state index in [0.29, 0.717) is 34.8 Å². The van der Waals surface area contributed by atoms with Gasteiger partial charge >= 0.3 is 0 Å². The maximum Gasteiger partial charge on any atom is 0.280 e. The van der Waals surface area contributed by atoms with Crippen molar-refractivity contribution in [3.63, 3.8) is 0 Å². The van der Waals surface area contributed by atoms with Gasteiger partial charge < -0.3 is 14.0 Å². The Morgan fingerprint density at radius 2 is 2.03 bits per heavy atom. The van der Waals surface area contributed by atoms with E-state index in [0.717, 1.165) is 24.6 Å². The first-order valence-electron chi connectivity index (χ1n) is 9.53. The number of nitrogens with zero attached hydrogens (tertiary/aromatic N) is 8. The van der Waals surface area contributed by atoms with Gasteiger partial charge in [-0.05, 0) is 24.0 Å². The van der Waals surface area contributed by atoms with Crippen molar-refractivity contribution in [3.8, 4) is 0 Å². The van der Waals surface area contributed by atoms with Crippen LogP contribution in [0.3, 0.4) is 0 Å². The van der Waals surface area contributed by atoms with Gasteiger partial charge in [0.05, 0.1) is 18.2 Å². The zero-order valence-corrected chi connectivity index (χ0v) is 15.7. The average molecular weight is 390 g/mol. The summed E-state index contributed by atoms with van der Waals surface area (Å²) in [6, 6.07) is 4.05. The van der Waals surface area contributed by atoms with Crippen LogP contribution in [0.15, 0.2) is 46.5 Å². The zero-order valence-electron chi connectivity index (χ0n) is 15.7. The van der Waals surface area contributed by atoms with Gasteiger partial charge in [-0.15, -0.1) is 0 Å². The number of hydrogen-bond donors (Lipinski definition) is 0. The first kappa shape index (κ1) is 16.4. The second-order valence-electron chi connectivity index (χ2n) is 7.72. The molecule has 29 heavy (non-hydrogen) atoms. The molecular weight excluding hydrogens is 372 g/mol. The van der Waals surface area contributed by atoms with E-state index < -0.39 is 0 Å². The van der Waals surface area contributed by atoms with Gasteiger partial charge in [0.15, 0.2) is 17.0 Å². The molecule has 0 N–H and O–H groups in total. The number of anilines is 1. The molecule has 146 valence electrons. The van der Waals surface area contributed by atoms with E-state index >= 15 is 0 Å². The zero-order chi connectivity index (χ0) is 19.5. The van der Waals surface area contributed by atoms with Crippen molar-refractivity contribution >= 4 is 16.9 Å². The summed E-state index contributed by atoms with van der Waals surface area (Å²) in [6.45, 7) is 2.15. The van der Waals surface area contributed by atoms with Crippen molar-refractivity contribution in [2.24, 2.45) is 18.9 Å². The minimum Gasteiger partial charge on any atom is -0.370 e. The lowest BCUT2D eigenvalue weighted by atomic mass is 10.2. The molecule has 0 amide bonds. The van der Waals surface area contributed by atoms with Gasteiger partial charge in [0.25, 0.3) is 5.56 Å². The third kappa shape index (κ3) is 2.55. The summed E-state index contributed by atoms with van der Waals surface area (Å²) in [4.78, 5) is 32.1. The van der Waals surface area contributed by atoms with Crippen molar-refractivity contribution in [3.05, 3.63) is 59.2 Å². The Labute approximate surface area is 164 Å². The fraction of sp³-hybridized carbons (Fsp3) is 0.368. The molecule has 1 saturated carbocycles. The molecule has 1 aliphatic carbocycles. The van der Waals surface area contributed by atoms with Gasteiger partial charge in [-0.1, -0.05) is 5.16 Å². The number of hydrogen-bond acceptors (Lipinski definition) is 8. The average Bonchev–Trinajstić information content (AvgIpc) is 3.16. The normalized spacial score (nSPS) is 22.9. The molecular formula is C19H18N8O2. The highest BCUT2D eigenvalue weighted by Crippen LogP contribution is 2.57. The third-order valence-electron chi connectivity index (χ3n) is 5.99. The van der Waals surface area contributed by atoms with Crippen LogP contribution in [-0.2, 0) is 13.6 Å². The number of pyridine rings is 1. The van der Waals surface area contributed by atoms with Gasteiger partial charge in [-0.25, -0.2) is 9.97 Å². The Balaban J connectivity index is 1.18. The molecule has 4 aromatic rings. The van der Waals surface area contributed by atoms with E-state index in [1.165, 1.54) is 10.9 Å². The van der Waals surface area contributed by atoms with Crippen LogP contribution in [0.5, 0.6) is 0 Å². The fourth-order valence-electron chi connectivity index (χ4n) is 4.46. The Morgan fingerprint density at radius 3 is 2.83 bits per heavy atom. The highest BCUT2D eigenvalue weighted by molar-refractivity contribution is 5.68. The third-order valence-corrected chi connectivity index (χ3v) is 5.99. The largest absolute Gasteiger partial charge is 0.370 e. The van der Waals surface area contributed by atoms with Crippen LogP contribution < -0.4 is 10.5 Å². The number of aromatic nitrogens is 7. The molecule has 1 aliphatic heterocycles. The van der Waals surface area contributed by atoms with E-state index in [4.69, 9.17) is 4.52 Å². The summed E-state index contributed by atoms with van der Waals surface area (Å²) in [5.74, 6) is 2.56. The van der Waals surface area contributed by atoms with Crippen molar-refractivity contribution in [2.45, 2.75) is 12.5 Å². The molecule has 10 heteroatoms. The lowest BCUT2D eigenvalue weighted by molar-refractivity contribution is 0.363. The molecule has 2 fully saturated rings. The molecule has 6 rings (SSSR count). The van der Waals surface area contributed by atoms with Crippen LogP contribution >= 0.6 is 0 Å². The Morgan fingerprint density at radius 1 is 1.21 bits per heavy atom. The van der Waals surface area contributed by atoms with E-state index in [1.807, 2.05) is 12.3 Å². The van der Waals surface area contributed by atoms with E-state index in [2.05, 4.69) is 36.1 Å².